The van der Waals surface area contributed by atoms with Gasteiger partial charge in [0.05, 0.1) is 18.7 Å². The number of benzene rings is 2. The van der Waals surface area contributed by atoms with E-state index in [-0.39, 0.29) is 25.5 Å². The van der Waals surface area contributed by atoms with Gasteiger partial charge in [0.1, 0.15) is 12.4 Å². The fourth-order valence-corrected chi connectivity index (χ4v) is 3.08. The van der Waals surface area contributed by atoms with Gasteiger partial charge in [0.15, 0.2) is 0 Å². The van der Waals surface area contributed by atoms with Crippen molar-refractivity contribution in [2.75, 3.05) is 18.6 Å². The fraction of sp³-hybridized carbons (Fsp3) is 0.350. The molecule has 25 heavy (non-hydrogen) atoms. The summed E-state index contributed by atoms with van der Waals surface area (Å²) in [5.74, 6) is 0.868. The highest BCUT2D eigenvalue weighted by Crippen LogP contribution is 2.31. The topological polar surface area (TPSA) is 38.8 Å². The van der Waals surface area contributed by atoms with E-state index in [1.165, 1.54) is 12.8 Å². The number of para-hydroxylation sites is 1. The number of ether oxygens (including phenoxy) is 2. The normalized spacial score (nSPS) is 16.3. The molecule has 0 fully saturated rings. The van der Waals surface area contributed by atoms with E-state index in [0.717, 1.165) is 17.9 Å². The molecule has 1 aliphatic rings. The lowest BCUT2D eigenvalue weighted by molar-refractivity contribution is 0.0600. The Kier molecular flexibility index (Phi) is 6.37. The van der Waals surface area contributed by atoms with Crippen LogP contribution in [0.3, 0.4) is 0 Å². The van der Waals surface area contributed by atoms with Gasteiger partial charge in [-0.25, -0.2) is 4.79 Å². The number of methoxy groups -OCH3 is 1. The van der Waals surface area contributed by atoms with E-state index in [1.54, 1.807) is 12.1 Å². The summed E-state index contributed by atoms with van der Waals surface area (Å²) in [5, 5.41) is 0. The average molecular weight is 359 g/mol. The molecule has 0 radical (unpaired) electrons. The van der Waals surface area contributed by atoms with Crippen LogP contribution in [0.1, 0.15) is 29.8 Å². The summed E-state index contributed by atoms with van der Waals surface area (Å²) < 4.78 is 10.9. The molecule has 5 heteroatoms. The van der Waals surface area contributed by atoms with E-state index in [4.69, 9.17) is 9.47 Å². The number of esters is 1. The summed E-state index contributed by atoms with van der Waals surface area (Å²) in [6.45, 7) is 5.76. The molecule has 2 aromatic rings. The van der Waals surface area contributed by atoms with Gasteiger partial charge in [-0.15, -0.1) is 0 Å². The molecule has 0 aliphatic carbocycles. The predicted molar refractivity (Wildman–Crippen MR) is 105 cm³/mol. The number of carbonyl (C=O) groups is 1. The van der Waals surface area contributed by atoms with Crippen LogP contribution in [0.15, 0.2) is 48.5 Å². The molecule has 0 bridgehead atoms. The summed E-state index contributed by atoms with van der Waals surface area (Å²) in [5.41, 5.74) is 2.78. The Morgan fingerprint density at radius 1 is 1.20 bits per heavy atom. The number of anilines is 1. The van der Waals surface area contributed by atoms with E-state index in [9.17, 15) is 4.79 Å². The third-order valence-electron chi connectivity index (χ3n) is 4.50. The molecule has 2 aromatic carbocycles. The van der Waals surface area contributed by atoms with Gasteiger partial charge in [-0.1, -0.05) is 38.1 Å². The monoisotopic (exact) mass is 359 g/mol. The Balaban J connectivity index is 0.00000225. The highest BCUT2D eigenvalue weighted by molar-refractivity contribution is 7.59. The molecular formula is C20H25NO3S. The van der Waals surface area contributed by atoms with Gasteiger partial charge in [-0.2, -0.15) is 13.5 Å². The maximum atomic E-state index is 11.8. The van der Waals surface area contributed by atoms with Crippen molar-refractivity contribution in [1.29, 1.82) is 0 Å². The molecule has 3 rings (SSSR count). The lowest BCUT2D eigenvalue weighted by Gasteiger charge is -2.34. The second-order valence-corrected chi connectivity index (χ2v) is 6.40. The van der Waals surface area contributed by atoms with Crippen molar-refractivity contribution >= 4 is 25.2 Å². The smallest absolute Gasteiger partial charge is 0.337 e. The SMILES string of the molecule is COC(=O)c1ccc2c(c1)OC[C@H](C(C)C)N(c1ccccc1)C2.S. The highest BCUT2D eigenvalue weighted by atomic mass is 32.1. The maximum absolute atomic E-state index is 11.8. The Bertz CT molecular complexity index is 718. The fourth-order valence-electron chi connectivity index (χ4n) is 3.08. The van der Waals surface area contributed by atoms with Crippen molar-refractivity contribution in [3.05, 3.63) is 59.7 Å². The number of rotatable bonds is 3. The zero-order valence-corrected chi connectivity index (χ0v) is 15.9. The molecule has 0 amide bonds. The standard InChI is InChI=1S/C20H23NO3.H2S/c1-14(2)18-13-24-19-11-15(20(22)23-3)9-10-16(19)12-21(18)17-7-5-4-6-8-17;/h4-11,14,18H,12-13H2,1-3H3;1H2/t18-;/m1./s1. The van der Waals surface area contributed by atoms with Crippen molar-refractivity contribution < 1.29 is 14.3 Å². The summed E-state index contributed by atoms with van der Waals surface area (Å²) >= 11 is 0. The molecule has 0 saturated carbocycles. The number of nitrogens with zero attached hydrogens (tertiary/aromatic N) is 1. The van der Waals surface area contributed by atoms with Crippen molar-refractivity contribution in [2.24, 2.45) is 5.92 Å². The maximum Gasteiger partial charge on any atom is 0.337 e. The van der Waals surface area contributed by atoms with E-state index < -0.39 is 0 Å². The van der Waals surface area contributed by atoms with Crippen LogP contribution in [0, 0.1) is 5.92 Å². The number of fused-ring (bicyclic) bond motifs is 1. The van der Waals surface area contributed by atoms with Gasteiger partial charge >= 0.3 is 5.97 Å². The van der Waals surface area contributed by atoms with Gasteiger partial charge < -0.3 is 14.4 Å². The lowest BCUT2D eigenvalue weighted by atomic mass is 10.0. The Labute approximate surface area is 156 Å². The van der Waals surface area contributed by atoms with Crippen LogP contribution >= 0.6 is 13.5 Å². The van der Waals surface area contributed by atoms with Gasteiger partial charge in [0.25, 0.3) is 0 Å². The first-order valence-electron chi connectivity index (χ1n) is 8.26. The van der Waals surface area contributed by atoms with Crippen LogP contribution in [0.2, 0.25) is 0 Å². The summed E-state index contributed by atoms with van der Waals surface area (Å²) in [7, 11) is 1.39. The third kappa shape index (κ3) is 4.10. The van der Waals surface area contributed by atoms with Crippen molar-refractivity contribution in [2.45, 2.75) is 26.4 Å². The van der Waals surface area contributed by atoms with E-state index in [1.807, 2.05) is 12.1 Å². The molecule has 1 aliphatic heterocycles. The molecular weight excluding hydrogens is 334 g/mol. The largest absolute Gasteiger partial charge is 0.491 e. The van der Waals surface area contributed by atoms with Crippen LogP contribution in [0.25, 0.3) is 0 Å². The second kappa shape index (κ2) is 8.30. The van der Waals surface area contributed by atoms with Gasteiger partial charge in [-0.3, -0.25) is 0 Å². The first kappa shape index (κ1) is 19.2. The summed E-state index contributed by atoms with van der Waals surface area (Å²) in [6.07, 6.45) is 0. The Morgan fingerprint density at radius 2 is 1.92 bits per heavy atom. The first-order chi connectivity index (χ1) is 11.6. The van der Waals surface area contributed by atoms with E-state index in [2.05, 4.69) is 43.0 Å². The number of hydrogen-bond acceptors (Lipinski definition) is 4. The van der Waals surface area contributed by atoms with Crippen molar-refractivity contribution in [1.82, 2.24) is 0 Å². The van der Waals surface area contributed by atoms with Crippen LogP contribution in [-0.2, 0) is 11.3 Å². The zero-order chi connectivity index (χ0) is 17.1. The number of hydrogen-bond donors (Lipinski definition) is 0. The molecule has 0 N–H and O–H groups in total. The summed E-state index contributed by atoms with van der Waals surface area (Å²) in [6, 6.07) is 16.2. The molecule has 0 spiro atoms. The zero-order valence-electron chi connectivity index (χ0n) is 14.9. The molecule has 4 nitrogen and oxygen atoms in total. The number of carbonyl (C=O) groups excluding carboxylic acids is 1. The minimum absolute atomic E-state index is 0. The molecule has 0 aromatic heterocycles. The minimum atomic E-state index is -0.342. The van der Waals surface area contributed by atoms with Crippen LogP contribution < -0.4 is 9.64 Å². The van der Waals surface area contributed by atoms with Crippen LogP contribution in [0.4, 0.5) is 5.69 Å². The third-order valence-corrected chi connectivity index (χ3v) is 4.50. The predicted octanol–water partition coefficient (Wildman–Crippen LogP) is 4.01. The Hall–Kier alpha value is -2.14. The lowest BCUT2D eigenvalue weighted by Crippen LogP contribution is -2.41. The Morgan fingerprint density at radius 3 is 2.56 bits per heavy atom. The first-order valence-corrected chi connectivity index (χ1v) is 8.26. The van der Waals surface area contributed by atoms with Crippen LogP contribution in [-0.4, -0.2) is 25.7 Å². The molecule has 1 atom stereocenters. The van der Waals surface area contributed by atoms with Gasteiger partial charge in [0.2, 0.25) is 0 Å². The second-order valence-electron chi connectivity index (χ2n) is 6.40. The van der Waals surface area contributed by atoms with E-state index >= 15 is 0 Å². The van der Waals surface area contributed by atoms with Crippen molar-refractivity contribution in [3.8, 4) is 5.75 Å². The molecule has 134 valence electrons. The average Bonchev–Trinajstić information content (AvgIpc) is 2.80. The van der Waals surface area contributed by atoms with Crippen LogP contribution in [0.5, 0.6) is 5.75 Å². The van der Waals surface area contributed by atoms with Gasteiger partial charge in [0, 0.05) is 17.8 Å². The quantitative estimate of drug-likeness (QED) is 0.776. The van der Waals surface area contributed by atoms with Gasteiger partial charge in [-0.05, 0) is 30.2 Å². The molecule has 0 unspecified atom stereocenters. The van der Waals surface area contributed by atoms with E-state index in [0.29, 0.717) is 18.1 Å². The van der Waals surface area contributed by atoms with Crippen molar-refractivity contribution in [3.63, 3.8) is 0 Å². The molecule has 0 saturated heterocycles. The highest BCUT2D eigenvalue weighted by Gasteiger charge is 2.28. The minimum Gasteiger partial charge on any atom is -0.491 e. The summed E-state index contributed by atoms with van der Waals surface area (Å²) in [4.78, 5) is 14.1. The molecule has 1 heterocycles.